The second kappa shape index (κ2) is 7.55. The highest BCUT2D eigenvalue weighted by molar-refractivity contribution is 5.90. The fourth-order valence-electron chi connectivity index (χ4n) is 3.32. The Hall–Kier alpha value is -2.56. The lowest BCUT2D eigenvalue weighted by molar-refractivity contribution is 0.194. The van der Waals surface area contributed by atoms with Crippen LogP contribution >= 0.6 is 0 Å². The van der Waals surface area contributed by atoms with E-state index in [1.54, 1.807) is 18.1 Å². The summed E-state index contributed by atoms with van der Waals surface area (Å²) in [7, 11) is 1.68. The summed E-state index contributed by atoms with van der Waals surface area (Å²) in [5.41, 5.74) is 2.57. The Morgan fingerprint density at radius 3 is 2.64 bits per heavy atom. The number of hydrogen-bond acceptors (Lipinski definition) is 2. The second-order valence-corrected chi connectivity index (χ2v) is 6.39. The minimum absolute atomic E-state index is 0.174. The molecule has 1 heterocycles. The number of carbonyl (C=O) groups is 1. The highest BCUT2D eigenvalue weighted by atomic mass is 19.1. The van der Waals surface area contributed by atoms with Gasteiger partial charge in [0.2, 0.25) is 0 Å². The first kappa shape index (κ1) is 17.3. The normalized spacial score (nSPS) is 15.1. The van der Waals surface area contributed by atoms with E-state index < -0.39 is 0 Å². The first-order chi connectivity index (χ1) is 12.1. The maximum atomic E-state index is 13.4. The molecule has 3 rings (SSSR count). The number of piperidine rings is 1. The molecule has 2 amide bonds. The van der Waals surface area contributed by atoms with Crippen molar-refractivity contribution in [2.75, 3.05) is 25.5 Å². The van der Waals surface area contributed by atoms with Gasteiger partial charge in [-0.15, -0.1) is 0 Å². The molecule has 25 heavy (non-hydrogen) atoms. The summed E-state index contributed by atoms with van der Waals surface area (Å²) in [5.74, 6) is 0.938. The molecule has 0 aliphatic carbocycles. The highest BCUT2D eigenvalue weighted by Gasteiger charge is 2.25. The summed E-state index contributed by atoms with van der Waals surface area (Å²) in [6.45, 7) is 3.19. The molecule has 0 spiro atoms. The summed E-state index contributed by atoms with van der Waals surface area (Å²) in [6, 6.07) is 12.3. The van der Waals surface area contributed by atoms with E-state index in [-0.39, 0.29) is 11.8 Å². The van der Waals surface area contributed by atoms with Gasteiger partial charge in [0.1, 0.15) is 11.6 Å². The molecule has 0 radical (unpaired) electrons. The summed E-state index contributed by atoms with van der Waals surface area (Å²) < 4.78 is 18.8. The van der Waals surface area contributed by atoms with Gasteiger partial charge >= 0.3 is 6.03 Å². The number of hydrogen-bond donors (Lipinski definition) is 1. The Morgan fingerprint density at radius 2 is 1.92 bits per heavy atom. The van der Waals surface area contributed by atoms with Gasteiger partial charge in [0.25, 0.3) is 0 Å². The molecule has 0 atom stereocenters. The Bertz CT molecular complexity index is 755. The number of nitrogens with zero attached hydrogens (tertiary/aromatic N) is 1. The average Bonchev–Trinajstić information content (AvgIpc) is 2.64. The molecular weight excluding hydrogens is 319 g/mol. The monoisotopic (exact) mass is 342 g/mol. The van der Waals surface area contributed by atoms with Crippen LogP contribution in [0.25, 0.3) is 0 Å². The van der Waals surface area contributed by atoms with Crippen molar-refractivity contribution in [3.8, 4) is 5.75 Å². The predicted molar refractivity (Wildman–Crippen MR) is 96.7 cm³/mol. The predicted octanol–water partition coefficient (Wildman–Crippen LogP) is 4.55. The molecule has 0 aromatic heterocycles. The van der Waals surface area contributed by atoms with E-state index in [1.807, 2.05) is 25.1 Å². The Kier molecular flexibility index (Phi) is 5.22. The average molecular weight is 342 g/mol. The quantitative estimate of drug-likeness (QED) is 0.889. The third-order valence-corrected chi connectivity index (χ3v) is 4.80. The van der Waals surface area contributed by atoms with Crippen LogP contribution in [0.4, 0.5) is 14.9 Å². The number of urea groups is 1. The Balaban J connectivity index is 1.62. The number of nitrogens with one attached hydrogen (secondary N) is 1. The van der Waals surface area contributed by atoms with Gasteiger partial charge in [0.05, 0.1) is 7.11 Å². The number of amides is 2. The first-order valence-corrected chi connectivity index (χ1v) is 8.53. The highest BCUT2D eigenvalue weighted by Crippen LogP contribution is 2.34. The Morgan fingerprint density at radius 1 is 1.20 bits per heavy atom. The minimum Gasteiger partial charge on any atom is -0.496 e. The standard InChI is InChI=1S/C20H23FN2O2/c1-14-7-8-16(21)13-18(14)22-20(24)23-11-9-15(10-12-23)17-5-3-4-6-19(17)25-2/h3-8,13,15H,9-12H2,1-2H3,(H,22,24). The lowest BCUT2D eigenvalue weighted by Gasteiger charge is -2.32. The maximum absolute atomic E-state index is 13.4. The molecule has 5 heteroatoms. The van der Waals surface area contributed by atoms with Gasteiger partial charge in [0.15, 0.2) is 0 Å². The molecule has 1 aliphatic rings. The molecular formula is C20H23FN2O2. The minimum atomic E-state index is -0.351. The number of rotatable bonds is 3. The largest absolute Gasteiger partial charge is 0.496 e. The van der Waals surface area contributed by atoms with Crippen molar-refractivity contribution in [2.45, 2.75) is 25.7 Å². The van der Waals surface area contributed by atoms with Crippen LogP contribution in [0.2, 0.25) is 0 Å². The SMILES string of the molecule is COc1ccccc1C1CCN(C(=O)Nc2cc(F)ccc2C)CC1. The number of methoxy groups -OCH3 is 1. The van der Waals surface area contributed by atoms with E-state index in [4.69, 9.17) is 4.74 Å². The topological polar surface area (TPSA) is 41.6 Å². The third kappa shape index (κ3) is 3.92. The van der Waals surface area contributed by atoms with Crippen molar-refractivity contribution in [3.05, 3.63) is 59.4 Å². The van der Waals surface area contributed by atoms with Crippen molar-refractivity contribution < 1.29 is 13.9 Å². The van der Waals surface area contributed by atoms with Crippen molar-refractivity contribution >= 4 is 11.7 Å². The van der Waals surface area contributed by atoms with Crippen LogP contribution < -0.4 is 10.1 Å². The molecule has 1 aliphatic heterocycles. The number of aryl methyl sites for hydroxylation is 1. The lowest BCUT2D eigenvalue weighted by Crippen LogP contribution is -2.40. The van der Waals surface area contributed by atoms with Crippen LogP contribution in [-0.4, -0.2) is 31.1 Å². The number of anilines is 1. The smallest absolute Gasteiger partial charge is 0.321 e. The number of ether oxygens (including phenoxy) is 1. The van der Waals surface area contributed by atoms with E-state index in [9.17, 15) is 9.18 Å². The summed E-state index contributed by atoms with van der Waals surface area (Å²) in [6.07, 6.45) is 1.77. The number of para-hydroxylation sites is 1. The molecule has 1 N–H and O–H groups in total. The van der Waals surface area contributed by atoms with Crippen LogP contribution in [0, 0.1) is 12.7 Å². The first-order valence-electron chi connectivity index (χ1n) is 8.53. The van der Waals surface area contributed by atoms with E-state index in [2.05, 4.69) is 11.4 Å². The van der Waals surface area contributed by atoms with Crippen LogP contribution in [-0.2, 0) is 0 Å². The van der Waals surface area contributed by atoms with Crippen LogP contribution in [0.1, 0.15) is 29.9 Å². The fourth-order valence-corrected chi connectivity index (χ4v) is 3.32. The van der Waals surface area contributed by atoms with Crippen LogP contribution in [0.5, 0.6) is 5.75 Å². The zero-order chi connectivity index (χ0) is 17.8. The molecule has 2 aromatic carbocycles. The fraction of sp³-hybridized carbons (Fsp3) is 0.350. The third-order valence-electron chi connectivity index (χ3n) is 4.80. The van der Waals surface area contributed by atoms with Gasteiger partial charge in [-0.3, -0.25) is 0 Å². The molecule has 2 aromatic rings. The Labute approximate surface area is 147 Å². The number of likely N-dealkylation sites (tertiary alicyclic amines) is 1. The van der Waals surface area contributed by atoms with Gasteiger partial charge in [0, 0.05) is 18.8 Å². The zero-order valence-electron chi connectivity index (χ0n) is 14.6. The second-order valence-electron chi connectivity index (χ2n) is 6.39. The van der Waals surface area contributed by atoms with Crippen molar-refractivity contribution in [1.82, 2.24) is 4.90 Å². The number of carbonyl (C=O) groups excluding carboxylic acids is 1. The lowest BCUT2D eigenvalue weighted by atomic mass is 9.89. The van der Waals surface area contributed by atoms with Gasteiger partial charge < -0.3 is 15.0 Å². The van der Waals surface area contributed by atoms with Crippen LogP contribution in [0.15, 0.2) is 42.5 Å². The zero-order valence-corrected chi connectivity index (χ0v) is 14.6. The molecule has 0 unspecified atom stereocenters. The summed E-state index contributed by atoms with van der Waals surface area (Å²) in [4.78, 5) is 14.3. The van der Waals surface area contributed by atoms with E-state index in [1.165, 1.54) is 17.7 Å². The van der Waals surface area contributed by atoms with Gasteiger partial charge in [-0.2, -0.15) is 0 Å². The van der Waals surface area contributed by atoms with E-state index in [0.717, 1.165) is 24.2 Å². The molecule has 1 saturated heterocycles. The number of halogens is 1. The molecule has 132 valence electrons. The number of benzene rings is 2. The van der Waals surface area contributed by atoms with Crippen molar-refractivity contribution in [1.29, 1.82) is 0 Å². The molecule has 0 bridgehead atoms. The maximum Gasteiger partial charge on any atom is 0.321 e. The van der Waals surface area contributed by atoms with Crippen molar-refractivity contribution in [2.24, 2.45) is 0 Å². The summed E-state index contributed by atoms with van der Waals surface area (Å²) >= 11 is 0. The van der Waals surface area contributed by atoms with Crippen LogP contribution in [0.3, 0.4) is 0 Å². The molecule has 1 fully saturated rings. The summed E-state index contributed by atoms with van der Waals surface area (Å²) in [5, 5.41) is 2.82. The van der Waals surface area contributed by atoms with Crippen molar-refractivity contribution in [3.63, 3.8) is 0 Å². The molecule has 0 saturated carbocycles. The van der Waals surface area contributed by atoms with E-state index >= 15 is 0 Å². The van der Waals surface area contributed by atoms with Gasteiger partial charge in [-0.25, -0.2) is 9.18 Å². The van der Waals surface area contributed by atoms with Gasteiger partial charge in [-0.1, -0.05) is 24.3 Å². The molecule has 4 nitrogen and oxygen atoms in total. The van der Waals surface area contributed by atoms with E-state index in [0.29, 0.717) is 24.7 Å². The van der Waals surface area contributed by atoms with Gasteiger partial charge in [-0.05, 0) is 55.0 Å².